The van der Waals surface area contributed by atoms with Crippen molar-refractivity contribution in [2.45, 2.75) is 83.9 Å². The Hall–Kier alpha value is -1.84. The van der Waals surface area contributed by atoms with E-state index in [0.717, 1.165) is 11.8 Å². The Labute approximate surface area is 248 Å². The zero-order valence-corrected chi connectivity index (χ0v) is 26.5. The predicted molar refractivity (Wildman–Crippen MR) is 154 cm³/mol. The zero-order valence-electron chi connectivity index (χ0n) is 24.1. The van der Waals surface area contributed by atoms with Crippen LogP contribution in [0.5, 0.6) is 0 Å². The first-order valence-electron chi connectivity index (χ1n) is 13.0. The van der Waals surface area contributed by atoms with Crippen LogP contribution in [0.1, 0.15) is 54.7 Å². The lowest BCUT2D eigenvalue weighted by atomic mass is 10.00. The van der Waals surface area contributed by atoms with Crippen molar-refractivity contribution < 1.29 is 37.8 Å². The number of anilines is 1. The van der Waals surface area contributed by atoms with Crippen LogP contribution in [0.4, 0.5) is 5.82 Å². The highest BCUT2D eigenvalue weighted by atomic mass is 35.5. The number of halogens is 1. The van der Waals surface area contributed by atoms with Gasteiger partial charge in [0.15, 0.2) is 22.8 Å². The fourth-order valence-electron chi connectivity index (χ4n) is 3.81. The average molecular weight is 637 g/mol. The Balaban J connectivity index is 1.74. The van der Waals surface area contributed by atoms with E-state index in [1.165, 1.54) is 24.1 Å². The molecular weight excluding hydrogens is 599 g/mol. The molecule has 0 amide bonds. The van der Waals surface area contributed by atoms with Crippen molar-refractivity contribution in [2.24, 2.45) is 5.41 Å². The van der Waals surface area contributed by atoms with Crippen molar-refractivity contribution in [3.63, 3.8) is 0 Å². The molecule has 0 aliphatic carbocycles. The molecule has 0 radical (unpaired) electrons. The first-order chi connectivity index (χ1) is 19.0. The molecule has 14 nitrogen and oxygen atoms in total. The number of thioether (sulfide) groups is 1. The number of imidazole rings is 1. The fourth-order valence-corrected chi connectivity index (χ4v) is 6.49. The first-order valence-corrected chi connectivity index (χ1v) is 15.9. The molecule has 0 spiro atoms. The zero-order chi connectivity index (χ0) is 30.8. The van der Waals surface area contributed by atoms with Gasteiger partial charge in [-0.1, -0.05) is 32.5 Å². The molecule has 0 aromatic carbocycles. The quantitative estimate of drug-likeness (QED) is 0.133. The van der Waals surface area contributed by atoms with Gasteiger partial charge in [-0.3, -0.25) is 23.2 Å². The number of rotatable bonds is 12. The highest BCUT2D eigenvalue weighted by molar-refractivity contribution is 8.13. The number of aromatic nitrogens is 4. The summed E-state index contributed by atoms with van der Waals surface area (Å²) in [5, 5.41) is 13.5. The Morgan fingerprint density at radius 3 is 2.61 bits per heavy atom. The number of esters is 1. The number of aliphatic hydroxyl groups excluding tert-OH is 1. The molecule has 6 atom stereocenters. The Kier molecular flexibility index (Phi) is 10.8. The van der Waals surface area contributed by atoms with Crippen molar-refractivity contribution in [2.75, 3.05) is 24.7 Å². The maximum atomic E-state index is 13.7. The number of aliphatic hydroxyl groups is 1. The summed E-state index contributed by atoms with van der Waals surface area (Å²) in [6.45, 7) is 11.2. The number of hydrogen-bond donors (Lipinski definition) is 3. The minimum atomic E-state index is -4.19. The van der Waals surface area contributed by atoms with Crippen LogP contribution in [0.2, 0.25) is 0 Å². The maximum absolute atomic E-state index is 13.7. The highest BCUT2D eigenvalue weighted by Crippen LogP contribution is 2.48. The molecule has 0 bridgehead atoms. The maximum Gasteiger partial charge on any atom is 0.406 e. The normalized spacial score (nSPS) is 25.4. The number of nitrogen functional groups attached to an aromatic ring is 1. The molecule has 41 heavy (non-hydrogen) atoms. The molecule has 2 aromatic rings. The second kappa shape index (κ2) is 13.2. The molecule has 0 saturated carbocycles. The number of hydrogen-bond acceptors (Lipinski definition) is 13. The number of ether oxygens (including phenoxy) is 2. The summed E-state index contributed by atoms with van der Waals surface area (Å²) in [6, 6.07) is -1.06. The Morgan fingerprint density at radius 1 is 1.29 bits per heavy atom. The highest BCUT2D eigenvalue weighted by Gasteiger charge is 2.54. The summed E-state index contributed by atoms with van der Waals surface area (Å²) in [5.74, 6) is -0.303. The van der Waals surface area contributed by atoms with Gasteiger partial charge in [0.2, 0.25) is 0 Å². The van der Waals surface area contributed by atoms with Gasteiger partial charge in [0.25, 0.3) is 0 Å². The van der Waals surface area contributed by atoms with Crippen LogP contribution in [-0.2, 0) is 32.7 Å². The van der Waals surface area contributed by atoms with E-state index in [1.54, 1.807) is 41.5 Å². The molecule has 17 heteroatoms. The lowest BCUT2D eigenvalue weighted by Gasteiger charge is -2.26. The number of fused-ring (bicyclic) bond motifs is 1. The van der Waals surface area contributed by atoms with Gasteiger partial charge in [-0.2, -0.15) is 0 Å². The van der Waals surface area contributed by atoms with Gasteiger partial charge < -0.3 is 20.3 Å². The summed E-state index contributed by atoms with van der Waals surface area (Å²) in [4.78, 5) is 35.6. The lowest BCUT2D eigenvalue weighted by Crippen LogP contribution is -2.40. The van der Waals surface area contributed by atoms with Gasteiger partial charge in [-0.25, -0.2) is 24.6 Å². The summed E-state index contributed by atoms with van der Waals surface area (Å²) < 4.78 is 37.7. The number of alkyl halides is 1. The van der Waals surface area contributed by atoms with Crippen LogP contribution in [0.25, 0.3) is 11.2 Å². The fraction of sp³-hybridized carbons (Fsp3) is 0.708. The van der Waals surface area contributed by atoms with E-state index >= 15 is 0 Å². The van der Waals surface area contributed by atoms with Crippen molar-refractivity contribution in [1.82, 2.24) is 24.6 Å². The molecule has 1 fully saturated rings. The SMILES string of the molecule is CC(C)OC(=O)[C@H](C)NP(=O)(OCCSC(=O)C(C)(C)C)OC[C@H]1O[C@@H](n2cnc3c(N)ncnc32)[C@](C)(Cl)[C@@H]1O. The molecular formula is C24H38ClN6O8PS. The standard InChI is InChI=1S/C24H38ClN6O8PS/c1-13(2)38-20(33)14(3)30-40(35,36-8-9-41-22(34)23(4,5)6)37-10-15-17(32)24(7,25)21(39-15)31-12-29-16-18(26)27-11-28-19(16)31/h11-15,17,21,32H,8-10H2,1-7H3,(H,30,35)(H2,26,27,28)/t14-,15+,17+,21+,24+,40?/m0/s1. The van der Waals surface area contributed by atoms with E-state index in [1.807, 2.05) is 0 Å². The number of nitrogens with two attached hydrogens (primary N) is 1. The van der Waals surface area contributed by atoms with E-state index in [2.05, 4.69) is 20.0 Å². The predicted octanol–water partition coefficient (Wildman–Crippen LogP) is 3.04. The van der Waals surface area contributed by atoms with Crippen LogP contribution in [0.3, 0.4) is 0 Å². The van der Waals surface area contributed by atoms with Crippen molar-refractivity contribution >= 4 is 59.2 Å². The van der Waals surface area contributed by atoms with Crippen LogP contribution in [0.15, 0.2) is 12.7 Å². The Morgan fingerprint density at radius 2 is 1.98 bits per heavy atom. The smallest absolute Gasteiger partial charge is 0.406 e. The summed E-state index contributed by atoms with van der Waals surface area (Å²) >= 11 is 7.77. The van der Waals surface area contributed by atoms with Gasteiger partial charge in [-0.05, 0) is 27.7 Å². The van der Waals surface area contributed by atoms with E-state index in [9.17, 15) is 19.3 Å². The molecule has 230 valence electrons. The molecule has 1 aliphatic heterocycles. The van der Waals surface area contributed by atoms with Crippen LogP contribution in [-0.4, -0.2) is 83.9 Å². The third-order valence-electron chi connectivity index (χ3n) is 6.01. The Bertz CT molecular complexity index is 1290. The monoisotopic (exact) mass is 636 g/mol. The summed E-state index contributed by atoms with van der Waals surface area (Å²) in [5.41, 5.74) is 6.01. The second-order valence-corrected chi connectivity index (χ2v) is 14.7. The van der Waals surface area contributed by atoms with E-state index in [-0.39, 0.29) is 23.3 Å². The van der Waals surface area contributed by atoms with Crippen LogP contribution < -0.4 is 10.8 Å². The molecule has 1 aliphatic rings. The number of carbonyl (C=O) groups excluding carboxylic acids is 2. The largest absolute Gasteiger partial charge is 0.462 e. The molecule has 3 rings (SSSR count). The number of nitrogens with zero attached hydrogens (tertiary/aromatic N) is 4. The third kappa shape index (κ3) is 8.17. The van der Waals surface area contributed by atoms with E-state index in [0.29, 0.717) is 11.2 Å². The average Bonchev–Trinajstić information content (AvgIpc) is 3.38. The van der Waals surface area contributed by atoms with E-state index < -0.39 is 61.2 Å². The van der Waals surface area contributed by atoms with Gasteiger partial charge >= 0.3 is 13.7 Å². The molecule has 2 aromatic heterocycles. The topological polar surface area (TPSA) is 190 Å². The minimum absolute atomic E-state index is 0.0624. The van der Waals surface area contributed by atoms with Crippen LogP contribution in [0, 0.1) is 5.41 Å². The first kappa shape index (κ1) is 33.7. The van der Waals surface area contributed by atoms with Gasteiger partial charge in [0.05, 0.1) is 25.6 Å². The molecule has 4 N–H and O–H groups in total. The third-order valence-corrected chi connectivity index (χ3v) is 9.38. The van der Waals surface area contributed by atoms with E-state index in [4.69, 9.17) is 35.9 Å². The summed E-state index contributed by atoms with van der Waals surface area (Å²) in [6.07, 6.45) is -1.01. The molecule has 1 unspecified atom stereocenters. The summed E-state index contributed by atoms with van der Waals surface area (Å²) in [7, 11) is -4.19. The molecule has 3 heterocycles. The number of carbonyl (C=O) groups is 2. The number of nitrogens with one attached hydrogen (secondary N) is 1. The second-order valence-electron chi connectivity index (χ2n) is 11.1. The van der Waals surface area contributed by atoms with Crippen molar-refractivity contribution in [3.8, 4) is 0 Å². The van der Waals surface area contributed by atoms with Gasteiger partial charge in [0.1, 0.15) is 35.0 Å². The van der Waals surface area contributed by atoms with Gasteiger partial charge in [0, 0.05) is 11.2 Å². The lowest BCUT2D eigenvalue weighted by molar-refractivity contribution is -0.149. The van der Waals surface area contributed by atoms with Crippen LogP contribution >= 0.6 is 31.1 Å². The molecule has 1 saturated heterocycles. The van der Waals surface area contributed by atoms with Crippen molar-refractivity contribution in [1.29, 1.82) is 0 Å². The van der Waals surface area contributed by atoms with Gasteiger partial charge in [-0.15, -0.1) is 11.6 Å². The minimum Gasteiger partial charge on any atom is -0.462 e. The van der Waals surface area contributed by atoms with Crippen molar-refractivity contribution in [3.05, 3.63) is 12.7 Å².